The van der Waals surface area contributed by atoms with Crippen LogP contribution in [0.25, 0.3) is 0 Å². The summed E-state index contributed by atoms with van der Waals surface area (Å²) in [7, 11) is 0. The third-order valence-electron chi connectivity index (χ3n) is 4.10. The van der Waals surface area contributed by atoms with Crippen molar-refractivity contribution < 1.29 is 14.6 Å². The molecule has 1 atom stereocenters. The Morgan fingerprint density at radius 2 is 1.95 bits per heavy atom. The molecule has 2 rings (SSSR count). The SMILES string of the molecule is O=C(N[C@H](CO)CC1CCCCC1)OCc1ccccc1. The molecule has 4 nitrogen and oxygen atoms in total. The van der Waals surface area contributed by atoms with Crippen molar-refractivity contribution in [1.29, 1.82) is 0 Å². The Hall–Kier alpha value is -1.55. The fraction of sp³-hybridized carbons (Fsp3) is 0.588. The summed E-state index contributed by atoms with van der Waals surface area (Å²) < 4.78 is 5.19. The van der Waals surface area contributed by atoms with Crippen molar-refractivity contribution in [2.24, 2.45) is 5.92 Å². The van der Waals surface area contributed by atoms with E-state index in [4.69, 9.17) is 4.74 Å². The Bertz CT molecular complexity index is 415. The molecule has 0 heterocycles. The molecule has 116 valence electrons. The number of rotatable bonds is 6. The minimum atomic E-state index is -0.450. The molecule has 0 bridgehead atoms. The molecule has 21 heavy (non-hydrogen) atoms. The zero-order valence-electron chi connectivity index (χ0n) is 12.5. The van der Waals surface area contributed by atoms with Gasteiger partial charge in [0, 0.05) is 0 Å². The van der Waals surface area contributed by atoms with E-state index in [1.54, 1.807) is 0 Å². The minimum Gasteiger partial charge on any atom is -0.445 e. The fourth-order valence-electron chi connectivity index (χ4n) is 2.94. The second kappa shape index (κ2) is 8.67. The number of hydrogen-bond donors (Lipinski definition) is 2. The maximum Gasteiger partial charge on any atom is 0.407 e. The highest BCUT2D eigenvalue weighted by Crippen LogP contribution is 2.27. The van der Waals surface area contributed by atoms with Crippen LogP contribution in [-0.2, 0) is 11.3 Å². The monoisotopic (exact) mass is 291 g/mol. The first kappa shape index (κ1) is 15.8. The molecule has 2 N–H and O–H groups in total. The van der Waals surface area contributed by atoms with E-state index in [1.807, 2.05) is 30.3 Å². The van der Waals surface area contributed by atoms with Gasteiger partial charge in [0.05, 0.1) is 12.6 Å². The number of aliphatic hydroxyl groups excluding tert-OH is 1. The van der Waals surface area contributed by atoms with Gasteiger partial charge in [0.15, 0.2) is 0 Å². The molecule has 0 radical (unpaired) electrons. The van der Waals surface area contributed by atoms with Crippen molar-refractivity contribution in [2.45, 2.75) is 51.2 Å². The highest BCUT2D eigenvalue weighted by atomic mass is 16.5. The largest absolute Gasteiger partial charge is 0.445 e. The van der Waals surface area contributed by atoms with Crippen LogP contribution in [0.15, 0.2) is 30.3 Å². The summed E-state index contributed by atoms with van der Waals surface area (Å²) in [4.78, 5) is 11.8. The van der Waals surface area contributed by atoms with Gasteiger partial charge in [-0.2, -0.15) is 0 Å². The second-order valence-corrected chi connectivity index (χ2v) is 5.83. The van der Waals surface area contributed by atoms with Crippen LogP contribution in [0.3, 0.4) is 0 Å². The molecule has 1 saturated carbocycles. The van der Waals surface area contributed by atoms with Gasteiger partial charge < -0.3 is 15.2 Å². The molecule has 1 fully saturated rings. The Labute approximate surface area is 126 Å². The van der Waals surface area contributed by atoms with Gasteiger partial charge in [0.25, 0.3) is 0 Å². The van der Waals surface area contributed by atoms with E-state index in [9.17, 15) is 9.90 Å². The smallest absolute Gasteiger partial charge is 0.407 e. The van der Waals surface area contributed by atoms with Gasteiger partial charge in [-0.15, -0.1) is 0 Å². The lowest BCUT2D eigenvalue weighted by Crippen LogP contribution is -2.39. The maximum absolute atomic E-state index is 11.8. The summed E-state index contributed by atoms with van der Waals surface area (Å²) in [6, 6.07) is 9.39. The van der Waals surface area contributed by atoms with Gasteiger partial charge in [-0.05, 0) is 17.9 Å². The van der Waals surface area contributed by atoms with Crippen molar-refractivity contribution in [1.82, 2.24) is 5.32 Å². The number of carbonyl (C=O) groups excluding carboxylic acids is 1. The van der Waals surface area contributed by atoms with E-state index in [-0.39, 0.29) is 19.3 Å². The molecule has 1 aliphatic rings. The lowest BCUT2D eigenvalue weighted by atomic mass is 9.85. The first-order valence-electron chi connectivity index (χ1n) is 7.86. The number of alkyl carbamates (subject to hydrolysis) is 1. The van der Waals surface area contributed by atoms with Crippen LogP contribution in [0, 0.1) is 5.92 Å². The van der Waals surface area contributed by atoms with E-state index in [1.165, 1.54) is 32.1 Å². The average Bonchev–Trinajstić information content (AvgIpc) is 2.54. The Kier molecular flexibility index (Phi) is 6.54. The predicted molar refractivity (Wildman–Crippen MR) is 81.8 cm³/mol. The van der Waals surface area contributed by atoms with Gasteiger partial charge in [-0.25, -0.2) is 4.79 Å². The zero-order valence-corrected chi connectivity index (χ0v) is 12.5. The molecule has 0 aromatic heterocycles. The Balaban J connectivity index is 1.71. The standard InChI is InChI=1S/C17H25NO3/c19-12-16(11-14-7-3-1-4-8-14)18-17(20)21-13-15-9-5-2-6-10-15/h2,5-6,9-10,14,16,19H,1,3-4,7-8,11-13H2,(H,18,20)/t16-/m0/s1. The molecule has 0 spiro atoms. The van der Waals surface area contributed by atoms with Crippen LogP contribution in [0.4, 0.5) is 4.79 Å². The van der Waals surface area contributed by atoms with Gasteiger partial charge in [-0.1, -0.05) is 62.4 Å². The van der Waals surface area contributed by atoms with Gasteiger partial charge >= 0.3 is 6.09 Å². The minimum absolute atomic E-state index is 0.0308. The number of carbonyl (C=O) groups is 1. The van der Waals surface area contributed by atoms with Gasteiger partial charge in [0.2, 0.25) is 0 Å². The van der Waals surface area contributed by atoms with Crippen LogP contribution >= 0.6 is 0 Å². The van der Waals surface area contributed by atoms with Crippen molar-refractivity contribution in [3.63, 3.8) is 0 Å². The number of nitrogens with one attached hydrogen (secondary N) is 1. The summed E-state index contributed by atoms with van der Waals surface area (Å²) >= 11 is 0. The molecule has 0 aliphatic heterocycles. The molecule has 1 amide bonds. The summed E-state index contributed by atoms with van der Waals surface area (Å²) in [5, 5.41) is 12.2. The van der Waals surface area contributed by atoms with Crippen molar-refractivity contribution in [2.75, 3.05) is 6.61 Å². The molecule has 1 aromatic rings. The van der Waals surface area contributed by atoms with E-state index >= 15 is 0 Å². The van der Waals surface area contributed by atoms with Crippen molar-refractivity contribution in [3.8, 4) is 0 Å². The number of aliphatic hydroxyl groups is 1. The molecular formula is C17H25NO3. The molecular weight excluding hydrogens is 266 g/mol. The predicted octanol–water partition coefficient (Wildman–Crippen LogP) is 3.24. The van der Waals surface area contributed by atoms with Gasteiger partial charge in [-0.3, -0.25) is 0 Å². The highest BCUT2D eigenvalue weighted by Gasteiger charge is 2.20. The van der Waals surface area contributed by atoms with Crippen LogP contribution in [0.5, 0.6) is 0 Å². The lowest BCUT2D eigenvalue weighted by Gasteiger charge is -2.25. The summed E-state index contributed by atoms with van der Waals surface area (Å²) in [6.45, 7) is 0.227. The summed E-state index contributed by atoms with van der Waals surface area (Å²) in [5.41, 5.74) is 0.959. The van der Waals surface area contributed by atoms with E-state index < -0.39 is 6.09 Å². The van der Waals surface area contributed by atoms with Crippen LogP contribution in [0.2, 0.25) is 0 Å². The number of amides is 1. The molecule has 0 saturated heterocycles. The average molecular weight is 291 g/mol. The Morgan fingerprint density at radius 3 is 2.62 bits per heavy atom. The second-order valence-electron chi connectivity index (χ2n) is 5.83. The summed E-state index contributed by atoms with van der Waals surface area (Å²) in [6.07, 6.45) is 6.65. The molecule has 1 aliphatic carbocycles. The van der Waals surface area contributed by atoms with E-state index in [0.29, 0.717) is 5.92 Å². The first-order chi connectivity index (χ1) is 10.3. The third kappa shape index (κ3) is 5.76. The van der Waals surface area contributed by atoms with Crippen LogP contribution in [-0.4, -0.2) is 23.8 Å². The number of ether oxygens (including phenoxy) is 1. The molecule has 0 unspecified atom stereocenters. The Morgan fingerprint density at radius 1 is 1.24 bits per heavy atom. The molecule has 4 heteroatoms. The normalized spacial score (nSPS) is 17.2. The fourth-order valence-corrected chi connectivity index (χ4v) is 2.94. The topological polar surface area (TPSA) is 58.6 Å². The highest BCUT2D eigenvalue weighted by molar-refractivity contribution is 5.67. The van der Waals surface area contributed by atoms with E-state index in [0.717, 1.165) is 12.0 Å². The number of hydrogen-bond acceptors (Lipinski definition) is 3. The van der Waals surface area contributed by atoms with Crippen LogP contribution in [0.1, 0.15) is 44.1 Å². The van der Waals surface area contributed by atoms with Crippen molar-refractivity contribution in [3.05, 3.63) is 35.9 Å². The van der Waals surface area contributed by atoms with Crippen LogP contribution < -0.4 is 5.32 Å². The van der Waals surface area contributed by atoms with Gasteiger partial charge in [0.1, 0.15) is 6.61 Å². The van der Waals surface area contributed by atoms with E-state index in [2.05, 4.69) is 5.32 Å². The first-order valence-corrected chi connectivity index (χ1v) is 7.86. The lowest BCUT2D eigenvalue weighted by molar-refractivity contribution is 0.124. The number of benzene rings is 1. The third-order valence-corrected chi connectivity index (χ3v) is 4.10. The van der Waals surface area contributed by atoms with Crippen molar-refractivity contribution >= 4 is 6.09 Å². The quantitative estimate of drug-likeness (QED) is 0.846. The summed E-state index contributed by atoms with van der Waals surface area (Å²) in [5.74, 6) is 0.616. The zero-order chi connectivity index (χ0) is 14.9. The maximum atomic E-state index is 11.8. The molecule has 1 aromatic carbocycles.